The topological polar surface area (TPSA) is 255 Å². The van der Waals surface area contributed by atoms with Crippen molar-refractivity contribution in [3.63, 3.8) is 0 Å². The van der Waals surface area contributed by atoms with E-state index in [0.717, 1.165) is 47.9 Å². The lowest BCUT2D eigenvalue weighted by molar-refractivity contribution is -0.152. The third-order valence-corrected chi connectivity index (χ3v) is 17.5. The fraction of sp³-hybridized carbons (Fsp3) is 0.537. The summed E-state index contributed by atoms with van der Waals surface area (Å²) in [5, 5.41) is 19.9. The minimum atomic E-state index is -2.01. The van der Waals surface area contributed by atoms with Crippen LogP contribution < -0.4 is 31.3 Å². The van der Waals surface area contributed by atoms with Crippen molar-refractivity contribution in [2.75, 3.05) is 76.3 Å². The standard InChI is InChI=1S/C54H69ClFN11O9S2/c1-32-46(77-31-61-32)33-10-11-34(25-60-48(71)37-23-35(68)28-67(37)49(72)47(52(2,3)4)63-51(74)54(56)12-13-54)39(22-33)76-21-20-64-18-19-66(29-38(64)50(73)75-6)44(70)24-42(69)62-36-8-7-9-40(45(36)55)78-43-27-58-41(26-59-43)65-16-14-53(5,30-57)15-17-65/h7-11,22,26-27,31,35,37-38,47,68H,12-21,23-25,28-30,57H2,1-6H3,(H,60,71)(H,62,69)(H,63,74)/t35-,37+,38-,47-/m1/s1. The SMILES string of the molecule is COC(=O)[C@H]1CN(C(=O)CC(=O)Nc2cccc(Sc3cnc(N4CCC(C)(CN)CC4)cn3)c2Cl)CCN1CCOc1cc(-c2scnc2C)ccc1CNC(=O)[C@@H]1C[C@@H](O)CN1C(=O)[C@@H](NC(=O)C1(F)CC1)C(C)(C)C. The van der Waals surface area contributed by atoms with E-state index in [4.69, 9.17) is 26.8 Å². The first-order valence-corrected chi connectivity index (χ1v) is 28.2. The molecule has 6 N–H and O–H groups in total. The second-order valence-electron chi connectivity index (χ2n) is 21.9. The zero-order valence-corrected chi connectivity index (χ0v) is 47.2. The van der Waals surface area contributed by atoms with E-state index in [2.05, 4.69) is 42.7 Å². The highest BCUT2D eigenvalue weighted by Crippen LogP contribution is 2.41. The summed E-state index contributed by atoms with van der Waals surface area (Å²) < 4.78 is 26.3. The monoisotopic (exact) mass is 1130 g/mol. The van der Waals surface area contributed by atoms with Gasteiger partial charge in [-0.15, -0.1) is 11.3 Å². The summed E-state index contributed by atoms with van der Waals surface area (Å²) in [4.78, 5) is 103. The normalized spacial score (nSPS) is 20.4. The number of carbonyl (C=O) groups excluding carboxylic acids is 6. The number of esters is 1. The number of nitrogens with zero attached hydrogens (tertiary/aromatic N) is 7. The second kappa shape index (κ2) is 24.6. The van der Waals surface area contributed by atoms with Crippen molar-refractivity contribution in [3.8, 4) is 16.2 Å². The minimum absolute atomic E-state index is 0.0244. The number of methoxy groups -OCH3 is 1. The molecular weight excluding hydrogens is 1070 g/mol. The smallest absolute Gasteiger partial charge is 0.324 e. The van der Waals surface area contributed by atoms with Crippen LogP contribution in [0.5, 0.6) is 5.75 Å². The molecule has 20 nitrogen and oxygen atoms in total. The number of likely N-dealkylation sites (tertiary alicyclic amines) is 1. The van der Waals surface area contributed by atoms with Gasteiger partial charge in [-0.25, -0.2) is 19.3 Å². The first-order chi connectivity index (χ1) is 37.1. The molecule has 2 aromatic heterocycles. The number of aryl methyl sites for hydroxylation is 1. The number of aromatic nitrogens is 3. The van der Waals surface area contributed by atoms with Crippen molar-refractivity contribution >= 4 is 81.7 Å². The number of thiazole rings is 1. The maximum Gasteiger partial charge on any atom is 0.324 e. The number of alkyl halides is 1. The van der Waals surface area contributed by atoms with E-state index in [1.165, 1.54) is 40.0 Å². The van der Waals surface area contributed by atoms with Gasteiger partial charge in [0.25, 0.3) is 5.91 Å². The number of ether oxygens (including phenoxy) is 2. The molecule has 0 bridgehead atoms. The lowest BCUT2D eigenvalue weighted by Gasteiger charge is -2.39. The molecule has 78 heavy (non-hydrogen) atoms. The molecule has 0 unspecified atom stereocenters. The number of piperidine rings is 1. The molecule has 0 spiro atoms. The number of nitrogens with two attached hydrogens (primary N) is 1. The quantitative estimate of drug-likeness (QED) is 0.0613. The Kier molecular flexibility index (Phi) is 18.3. The maximum atomic E-state index is 14.7. The molecule has 1 saturated carbocycles. The number of anilines is 2. The Morgan fingerprint density at radius 1 is 1.00 bits per heavy atom. The summed E-state index contributed by atoms with van der Waals surface area (Å²) in [6.45, 7) is 12.2. The summed E-state index contributed by atoms with van der Waals surface area (Å²) in [5.74, 6) is -2.41. The lowest BCUT2D eigenvalue weighted by Crippen LogP contribution is -2.59. The van der Waals surface area contributed by atoms with Crippen LogP contribution in [0.15, 0.2) is 64.2 Å². The molecule has 5 heterocycles. The second-order valence-corrected chi connectivity index (χ2v) is 24.2. The van der Waals surface area contributed by atoms with Gasteiger partial charge in [0.15, 0.2) is 5.67 Å². The van der Waals surface area contributed by atoms with E-state index in [1.807, 2.05) is 30.0 Å². The maximum absolute atomic E-state index is 14.7. The predicted octanol–water partition coefficient (Wildman–Crippen LogP) is 4.98. The highest BCUT2D eigenvalue weighted by molar-refractivity contribution is 7.99. The highest BCUT2D eigenvalue weighted by Gasteiger charge is 2.53. The van der Waals surface area contributed by atoms with Crippen LogP contribution in [0.2, 0.25) is 5.02 Å². The molecule has 4 aliphatic rings. The number of amides is 5. The molecule has 3 saturated heterocycles. The number of piperazine rings is 1. The van der Waals surface area contributed by atoms with Crippen molar-refractivity contribution in [1.29, 1.82) is 0 Å². The number of carbonyl (C=O) groups is 6. The molecule has 8 rings (SSSR count). The van der Waals surface area contributed by atoms with E-state index >= 15 is 0 Å². The van der Waals surface area contributed by atoms with Crippen LogP contribution >= 0.6 is 34.7 Å². The number of hydrogen-bond acceptors (Lipinski definition) is 17. The molecule has 4 fully saturated rings. The van der Waals surface area contributed by atoms with Crippen LogP contribution in [0, 0.1) is 17.8 Å². The van der Waals surface area contributed by atoms with Gasteiger partial charge in [-0.3, -0.25) is 33.7 Å². The van der Waals surface area contributed by atoms with Crippen molar-refractivity contribution in [2.24, 2.45) is 16.6 Å². The Morgan fingerprint density at radius 3 is 2.41 bits per heavy atom. The summed E-state index contributed by atoms with van der Waals surface area (Å²) in [5.41, 5.74) is 7.56. The zero-order valence-electron chi connectivity index (χ0n) is 44.8. The number of benzene rings is 2. The van der Waals surface area contributed by atoms with Gasteiger partial charge in [-0.2, -0.15) is 0 Å². The summed E-state index contributed by atoms with van der Waals surface area (Å²) in [6, 6.07) is 7.64. The van der Waals surface area contributed by atoms with Gasteiger partial charge in [0.05, 0.1) is 52.4 Å². The van der Waals surface area contributed by atoms with Gasteiger partial charge in [0.2, 0.25) is 23.6 Å². The van der Waals surface area contributed by atoms with Gasteiger partial charge in [-0.05, 0) is 73.7 Å². The van der Waals surface area contributed by atoms with Crippen molar-refractivity contribution in [2.45, 2.75) is 120 Å². The van der Waals surface area contributed by atoms with Crippen molar-refractivity contribution in [1.82, 2.24) is 40.3 Å². The zero-order chi connectivity index (χ0) is 56.1. The first-order valence-electron chi connectivity index (χ1n) is 26.1. The molecule has 24 heteroatoms. The Labute approximate surface area is 466 Å². The molecule has 4 aromatic rings. The molecule has 0 radical (unpaired) electrons. The third kappa shape index (κ3) is 13.9. The Morgan fingerprint density at radius 2 is 1.76 bits per heavy atom. The third-order valence-electron chi connectivity index (χ3n) is 15.0. The number of hydrogen-bond donors (Lipinski definition) is 5. The van der Waals surface area contributed by atoms with E-state index in [-0.39, 0.29) is 75.6 Å². The van der Waals surface area contributed by atoms with E-state index in [1.54, 1.807) is 56.9 Å². The van der Waals surface area contributed by atoms with Gasteiger partial charge >= 0.3 is 5.97 Å². The van der Waals surface area contributed by atoms with Crippen LogP contribution in [0.1, 0.15) is 77.5 Å². The number of rotatable bonds is 19. The van der Waals surface area contributed by atoms with Gasteiger partial charge in [-0.1, -0.05) is 69.3 Å². The van der Waals surface area contributed by atoms with E-state index < -0.39 is 77.2 Å². The fourth-order valence-electron chi connectivity index (χ4n) is 9.77. The van der Waals surface area contributed by atoms with Gasteiger partial charge < -0.3 is 51.0 Å². The molecule has 3 aliphatic heterocycles. The Bertz CT molecular complexity index is 2860. The number of β-amino-alcohol motifs (C(OH)–C–C–N with tert-alkyl or cyclic N) is 1. The van der Waals surface area contributed by atoms with Gasteiger partial charge in [0, 0.05) is 69.2 Å². The first kappa shape index (κ1) is 58.2. The van der Waals surface area contributed by atoms with Crippen LogP contribution in [0.25, 0.3) is 10.4 Å². The summed E-state index contributed by atoms with van der Waals surface area (Å²) >= 11 is 9.54. The van der Waals surface area contributed by atoms with E-state index in [0.29, 0.717) is 33.5 Å². The molecule has 1 aliphatic carbocycles. The molecular formula is C54H69ClFN11O9S2. The largest absolute Gasteiger partial charge is 0.492 e. The number of aliphatic hydroxyl groups excluding tert-OH is 1. The fourth-order valence-corrected chi connectivity index (χ4v) is 11.6. The Balaban J connectivity index is 0.864. The van der Waals surface area contributed by atoms with E-state index in [9.17, 15) is 38.3 Å². The lowest BCUT2D eigenvalue weighted by atomic mass is 9.80. The molecule has 4 atom stereocenters. The number of halogens is 2. The van der Waals surface area contributed by atoms with Gasteiger partial charge in [0.1, 0.15) is 47.7 Å². The van der Waals surface area contributed by atoms with Crippen LogP contribution in [-0.4, -0.2) is 166 Å². The summed E-state index contributed by atoms with van der Waals surface area (Å²) in [7, 11) is 1.27. The van der Waals surface area contributed by atoms with Crippen LogP contribution in [-0.2, 0) is 40.0 Å². The number of aliphatic hydroxyl groups is 1. The molecule has 2 aromatic carbocycles. The molecule has 420 valence electrons. The minimum Gasteiger partial charge on any atom is -0.492 e. The average molecular weight is 1130 g/mol. The number of nitrogens with one attached hydrogen (secondary N) is 3. The van der Waals surface area contributed by atoms with Crippen molar-refractivity contribution in [3.05, 3.63) is 70.6 Å². The summed E-state index contributed by atoms with van der Waals surface area (Å²) in [6.07, 6.45) is 3.99. The average Bonchev–Trinajstić information content (AvgIpc) is 3.85. The Hall–Kier alpha value is -5.98. The predicted molar refractivity (Wildman–Crippen MR) is 294 cm³/mol. The van der Waals surface area contributed by atoms with Crippen LogP contribution in [0.3, 0.4) is 0 Å². The highest BCUT2D eigenvalue weighted by atomic mass is 35.5. The van der Waals surface area contributed by atoms with Crippen molar-refractivity contribution < 1.29 is 47.7 Å². The molecule has 5 amide bonds. The van der Waals surface area contributed by atoms with Crippen LogP contribution in [0.4, 0.5) is 15.9 Å².